The Morgan fingerprint density at radius 1 is 0.407 bits per heavy atom. The molecule has 0 atom stereocenters. The van der Waals surface area contributed by atoms with Gasteiger partial charge in [-0.1, -0.05) is 36.4 Å². The number of hydrogen-bond donors (Lipinski definition) is 0. The molecule has 0 amide bonds. The zero-order valence-electron chi connectivity index (χ0n) is 28.1. The summed E-state index contributed by atoms with van der Waals surface area (Å²) in [6.45, 7) is 1.35. The number of rotatable bonds is 12. The maximum absolute atomic E-state index is 13.0. The predicted molar refractivity (Wildman–Crippen MR) is 169 cm³/mol. The van der Waals surface area contributed by atoms with E-state index in [9.17, 15) is 53.9 Å². The Kier molecular flexibility index (Phi) is 12.4. The first-order valence-corrected chi connectivity index (χ1v) is 15.3. The Balaban J connectivity index is 2.20. The van der Waals surface area contributed by atoms with Gasteiger partial charge in [-0.3, -0.25) is 14.4 Å². The van der Waals surface area contributed by atoms with Gasteiger partial charge in [-0.25, -0.2) is 0 Å². The van der Waals surface area contributed by atoms with Crippen molar-refractivity contribution in [1.82, 2.24) is 0 Å². The molecule has 288 valence electrons. The number of carbonyl (C=O) groups is 3. The van der Waals surface area contributed by atoms with Crippen LogP contribution in [0, 0.1) is 0 Å². The van der Waals surface area contributed by atoms with Gasteiger partial charge in [-0.2, -0.15) is 0 Å². The zero-order valence-corrected chi connectivity index (χ0v) is 28.1. The Labute approximate surface area is 300 Å². The second kappa shape index (κ2) is 16.4. The number of carbonyl (C=O) groups excluding carboxylic acids is 3. The van der Waals surface area contributed by atoms with Crippen molar-refractivity contribution in [3.05, 3.63) is 89.5 Å². The lowest BCUT2D eigenvalue weighted by molar-refractivity contribution is -0.275. The Bertz CT molecular complexity index is 1720. The largest absolute Gasteiger partial charge is 0.573 e. The number of ether oxygens (including phenoxy) is 6. The summed E-state index contributed by atoms with van der Waals surface area (Å²) in [5.41, 5.74) is 0.604. The molecule has 4 aromatic rings. The highest BCUT2D eigenvalue weighted by molar-refractivity contribution is 5.92. The standard InChI is InChI=1S/C36H27F9O9/c1-19(46)49-16-28-31(22-4-10-25(11-5-22)52-34(37,38)39)29(17-50-20(2)47)33(24-8-14-27(15-9-24)54-36(43,44)45)30(18-51-21(3)48)32(28)23-6-12-26(13-7-23)53-35(40,41)42/h4-15H,16-18H2,1-3H3. The molecule has 4 aromatic carbocycles. The Morgan fingerprint density at radius 2 is 0.611 bits per heavy atom. The van der Waals surface area contributed by atoms with Crippen molar-refractivity contribution >= 4 is 17.9 Å². The lowest BCUT2D eigenvalue weighted by Gasteiger charge is -2.27. The molecule has 18 heteroatoms. The van der Waals surface area contributed by atoms with E-state index in [0.717, 1.165) is 57.2 Å². The molecule has 4 rings (SSSR count). The first kappa shape index (κ1) is 40.8. The summed E-state index contributed by atoms with van der Waals surface area (Å²) >= 11 is 0. The lowest BCUT2D eigenvalue weighted by Crippen LogP contribution is -2.17. The average molecular weight is 775 g/mol. The highest BCUT2D eigenvalue weighted by Gasteiger charge is 2.34. The maximum Gasteiger partial charge on any atom is 0.573 e. The number of esters is 3. The van der Waals surface area contributed by atoms with Crippen LogP contribution in [0.15, 0.2) is 72.8 Å². The number of alkyl halides is 9. The fourth-order valence-electron chi connectivity index (χ4n) is 5.39. The van der Waals surface area contributed by atoms with Crippen LogP contribution in [-0.2, 0) is 48.4 Å². The molecular formula is C36H27F9O9. The van der Waals surface area contributed by atoms with Crippen LogP contribution in [0.1, 0.15) is 37.5 Å². The third kappa shape index (κ3) is 11.5. The predicted octanol–water partition coefficient (Wildman–Crippen LogP) is 9.57. The minimum absolute atomic E-state index is 0.0456. The summed E-state index contributed by atoms with van der Waals surface area (Å²) < 4.78 is 145. The van der Waals surface area contributed by atoms with Gasteiger partial charge < -0.3 is 28.4 Å². The van der Waals surface area contributed by atoms with Gasteiger partial charge in [0.15, 0.2) is 0 Å². The van der Waals surface area contributed by atoms with Gasteiger partial charge in [-0.15, -0.1) is 39.5 Å². The SMILES string of the molecule is CC(=O)OCc1c(-c2ccc(OC(F)(F)F)cc2)c(COC(C)=O)c(-c2ccc(OC(F)(F)F)cc2)c(COC(C)=O)c1-c1ccc(OC(F)(F)F)cc1. The molecule has 0 aliphatic heterocycles. The summed E-state index contributed by atoms with van der Waals surface area (Å²) in [7, 11) is 0. The van der Waals surface area contributed by atoms with Gasteiger partial charge in [0.25, 0.3) is 0 Å². The van der Waals surface area contributed by atoms with Crippen LogP contribution >= 0.6 is 0 Å². The Hall–Kier alpha value is -5.94. The molecule has 0 N–H and O–H groups in total. The number of halogens is 9. The smallest absolute Gasteiger partial charge is 0.461 e. The zero-order chi connectivity index (χ0) is 40.0. The molecule has 0 fully saturated rings. The summed E-state index contributed by atoms with van der Waals surface area (Å²) in [5.74, 6) is -4.36. The Morgan fingerprint density at radius 3 is 0.778 bits per heavy atom. The summed E-state index contributed by atoms with van der Waals surface area (Å²) in [4.78, 5) is 36.6. The fraction of sp³-hybridized carbons (Fsp3) is 0.250. The van der Waals surface area contributed by atoms with E-state index >= 15 is 0 Å². The van der Waals surface area contributed by atoms with Crippen molar-refractivity contribution in [3.8, 4) is 50.6 Å². The van der Waals surface area contributed by atoms with Crippen LogP contribution in [0.5, 0.6) is 17.2 Å². The van der Waals surface area contributed by atoms with Crippen molar-refractivity contribution in [2.75, 3.05) is 0 Å². The molecule has 0 bridgehead atoms. The van der Waals surface area contributed by atoms with Crippen molar-refractivity contribution in [1.29, 1.82) is 0 Å². The van der Waals surface area contributed by atoms with E-state index in [-0.39, 0.29) is 50.1 Å². The molecule has 0 saturated carbocycles. The quantitative estimate of drug-likeness (QED) is 0.0791. The molecule has 0 radical (unpaired) electrons. The molecule has 54 heavy (non-hydrogen) atoms. The summed E-state index contributed by atoms with van der Waals surface area (Å²) in [5, 5.41) is 0. The van der Waals surface area contributed by atoms with Crippen LogP contribution in [0.4, 0.5) is 39.5 Å². The van der Waals surface area contributed by atoms with Gasteiger partial charge in [0.05, 0.1) is 0 Å². The average Bonchev–Trinajstić information content (AvgIpc) is 3.04. The van der Waals surface area contributed by atoms with E-state index in [2.05, 4.69) is 14.2 Å². The third-order valence-electron chi connectivity index (χ3n) is 7.20. The van der Waals surface area contributed by atoms with E-state index in [4.69, 9.17) is 14.2 Å². The fourth-order valence-corrected chi connectivity index (χ4v) is 5.39. The topological polar surface area (TPSA) is 107 Å². The van der Waals surface area contributed by atoms with Gasteiger partial charge in [0, 0.05) is 37.5 Å². The van der Waals surface area contributed by atoms with Crippen molar-refractivity contribution < 1.29 is 82.3 Å². The van der Waals surface area contributed by atoms with E-state index in [1.165, 1.54) is 36.4 Å². The molecule has 0 aliphatic rings. The van der Waals surface area contributed by atoms with Gasteiger partial charge in [-0.05, 0) is 69.8 Å². The van der Waals surface area contributed by atoms with Crippen LogP contribution in [0.2, 0.25) is 0 Å². The lowest BCUT2D eigenvalue weighted by atomic mass is 9.79. The van der Waals surface area contributed by atoms with E-state index in [1.807, 2.05) is 0 Å². The molecule has 0 aliphatic carbocycles. The first-order chi connectivity index (χ1) is 25.1. The second-order valence-corrected chi connectivity index (χ2v) is 11.1. The van der Waals surface area contributed by atoms with Gasteiger partial charge in [0.1, 0.15) is 37.1 Å². The highest BCUT2D eigenvalue weighted by Crippen LogP contribution is 2.47. The molecule has 9 nitrogen and oxygen atoms in total. The minimum Gasteiger partial charge on any atom is -0.461 e. The van der Waals surface area contributed by atoms with Crippen LogP contribution in [0.3, 0.4) is 0 Å². The number of benzene rings is 4. The molecule has 0 aromatic heterocycles. The minimum atomic E-state index is -5.06. The van der Waals surface area contributed by atoms with Crippen molar-refractivity contribution in [2.45, 2.75) is 59.7 Å². The molecule has 0 saturated heterocycles. The van der Waals surface area contributed by atoms with Crippen LogP contribution in [0.25, 0.3) is 33.4 Å². The summed E-state index contributed by atoms with van der Waals surface area (Å²) in [6, 6.07) is 12.8. The normalized spacial score (nSPS) is 11.8. The highest BCUT2D eigenvalue weighted by atomic mass is 19.4. The van der Waals surface area contributed by atoms with Gasteiger partial charge >= 0.3 is 37.0 Å². The molecule has 0 heterocycles. The maximum atomic E-state index is 13.0. The third-order valence-corrected chi connectivity index (χ3v) is 7.20. The monoisotopic (exact) mass is 774 g/mol. The van der Waals surface area contributed by atoms with E-state index < -0.39 is 74.1 Å². The number of hydrogen-bond acceptors (Lipinski definition) is 9. The van der Waals surface area contributed by atoms with Crippen LogP contribution in [-0.4, -0.2) is 37.0 Å². The van der Waals surface area contributed by atoms with Crippen molar-refractivity contribution in [3.63, 3.8) is 0 Å². The molecule has 0 spiro atoms. The van der Waals surface area contributed by atoms with Crippen molar-refractivity contribution in [2.24, 2.45) is 0 Å². The van der Waals surface area contributed by atoms with Crippen LogP contribution < -0.4 is 14.2 Å². The second-order valence-electron chi connectivity index (χ2n) is 11.1. The summed E-state index contributed by atoms with van der Waals surface area (Å²) in [6.07, 6.45) is -15.2. The van der Waals surface area contributed by atoms with E-state index in [1.54, 1.807) is 0 Å². The molecule has 0 unspecified atom stereocenters. The van der Waals surface area contributed by atoms with E-state index in [0.29, 0.717) is 0 Å². The molecular weight excluding hydrogens is 747 g/mol. The first-order valence-electron chi connectivity index (χ1n) is 15.3. The van der Waals surface area contributed by atoms with Gasteiger partial charge in [0.2, 0.25) is 0 Å².